The third kappa shape index (κ3) is 5.74. The van der Waals surface area contributed by atoms with Crippen molar-refractivity contribution in [3.8, 4) is 33.8 Å². The van der Waals surface area contributed by atoms with Crippen LogP contribution in [0.1, 0.15) is 85.8 Å². The first-order chi connectivity index (χ1) is 20.3. The monoisotopic (exact) mass is 593 g/mol. The average Bonchev–Trinajstić information content (AvgIpc) is 2.95. The molecule has 43 heavy (non-hydrogen) atoms. The van der Waals surface area contributed by atoms with Gasteiger partial charge < -0.3 is 18.9 Å². The Morgan fingerprint density at radius 2 is 1.40 bits per heavy atom. The zero-order valence-corrected chi connectivity index (χ0v) is 26.4. The van der Waals surface area contributed by atoms with Crippen LogP contribution in [0.25, 0.3) is 22.3 Å². The molecule has 0 bridgehead atoms. The Balaban J connectivity index is 1.93. The number of esters is 1. The molecule has 0 unspecified atom stereocenters. The first-order valence-electron chi connectivity index (χ1n) is 15.1. The SMILES string of the molecule is CCOC(=O)[C@@H](OC(C)(C)C)c1c(C)nc(C)c(-c2cc(F)c3c(c2C)CCCO3)c1-c1cc(F)c2c(c1C)CCCO2. The van der Waals surface area contributed by atoms with Gasteiger partial charge in [0.25, 0.3) is 0 Å². The Morgan fingerprint density at radius 1 is 0.884 bits per heavy atom. The number of fused-ring (bicyclic) bond motifs is 2. The molecule has 0 saturated heterocycles. The highest BCUT2D eigenvalue weighted by molar-refractivity contribution is 5.94. The van der Waals surface area contributed by atoms with Crippen molar-refractivity contribution in [2.75, 3.05) is 19.8 Å². The number of hydrogen-bond acceptors (Lipinski definition) is 6. The van der Waals surface area contributed by atoms with Gasteiger partial charge in [0, 0.05) is 33.6 Å². The number of halogens is 2. The summed E-state index contributed by atoms with van der Waals surface area (Å²) < 4.78 is 55.0. The number of benzene rings is 2. The Labute approximate surface area is 252 Å². The van der Waals surface area contributed by atoms with Crippen molar-refractivity contribution in [2.45, 2.75) is 92.8 Å². The van der Waals surface area contributed by atoms with Gasteiger partial charge in [-0.25, -0.2) is 13.6 Å². The predicted molar refractivity (Wildman–Crippen MR) is 162 cm³/mol. The van der Waals surface area contributed by atoms with Crippen LogP contribution >= 0.6 is 0 Å². The molecule has 0 aliphatic carbocycles. The Bertz CT molecular complexity index is 1590. The fourth-order valence-electron chi connectivity index (χ4n) is 6.43. The highest BCUT2D eigenvalue weighted by atomic mass is 19.1. The maximum atomic E-state index is 15.8. The van der Waals surface area contributed by atoms with Crippen molar-refractivity contribution in [3.05, 3.63) is 63.0 Å². The van der Waals surface area contributed by atoms with E-state index in [9.17, 15) is 4.79 Å². The fourth-order valence-corrected chi connectivity index (χ4v) is 6.43. The van der Waals surface area contributed by atoms with Gasteiger partial charge in [0.2, 0.25) is 0 Å². The van der Waals surface area contributed by atoms with Gasteiger partial charge >= 0.3 is 5.97 Å². The number of nitrogens with zero attached hydrogens (tertiary/aromatic N) is 1. The van der Waals surface area contributed by atoms with E-state index in [0.717, 1.165) is 35.1 Å². The third-order valence-corrected chi connectivity index (χ3v) is 8.25. The summed E-state index contributed by atoms with van der Waals surface area (Å²) in [4.78, 5) is 18.5. The molecule has 0 fully saturated rings. The summed E-state index contributed by atoms with van der Waals surface area (Å²) in [7, 11) is 0. The lowest BCUT2D eigenvalue weighted by Crippen LogP contribution is -2.30. The van der Waals surface area contributed by atoms with E-state index in [1.807, 2.05) is 48.5 Å². The number of ether oxygens (including phenoxy) is 4. The molecule has 230 valence electrons. The van der Waals surface area contributed by atoms with E-state index in [1.165, 1.54) is 12.1 Å². The summed E-state index contributed by atoms with van der Waals surface area (Å²) in [5.74, 6) is -0.970. The average molecular weight is 594 g/mol. The second-order valence-electron chi connectivity index (χ2n) is 12.4. The zero-order valence-electron chi connectivity index (χ0n) is 26.4. The lowest BCUT2D eigenvalue weighted by atomic mass is 9.81. The first-order valence-corrected chi connectivity index (χ1v) is 15.1. The van der Waals surface area contributed by atoms with Gasteiger partial charge in [-0.3, -0.25) is 4.98 Å². The van der Waals surface area contributed by atoms with Crippen molar-refractivity contribution in [3.63, 3.8) is 0 Å². The molecule has 2 aliphatic rings. The number of hydrogen-bond donors (Lipinski definition) is 0. The quantitative estimate of drug-likeness (QED) is 0.270. The lowest BCUT2D eigenvalue weighted by molar-refractivity contribution is -0.166. The van der Waals surface area contributed by atoms with Crippen LogP contribution in [0.2, 0.25) is 0 Å². The van der Waals surface area contributed by atoms with Gasteiger partial charge in [-0.2, -0.15) is 0 Å². The molecule has 1 aromatic heterocycles. The van der Waals surface area contributed by atoms with Gasteiger partial charge in [0.1, 0.15) is 0 Å². The molecular weight excluding hydrogens is 552 g/mol. The van der Waals surface area contributed by atoms with E-state index < -0.39 is 29.3 Å². The van der Waals surface area contributed by atoms with Gasteiger partial charge in [-0.05, 0) is 121 Å². The largest absolute Gasteiger partial charge is 0.490 e. The van der Waals surface area contributed by atoms with Crippen LogP contribution in [-0.2, 0) is 27.1 Å². The molecule has 0 spiro atoms. The van der Waals surface area contributed by atoms with Gasteiger partial charge in [-0.1, -0.05) is 0 Å². The van der Waals surface area contributed by atoms with Gasteiger partial charge in [0.05, 0.1) is 25.4 Å². The first kappa shape index (κ1) is 30.9. The highest BCUT2D eigenvalue weighted by Gasteiger charge is 2.36. The topological polar surface area (TPSA) is 66.9 Å². The van der Waals surface area contributed by atoms with Crippen LogP contribution in [0, 0.1) is 39.3 Å². The molecule has 6 nitrogen and oxygen atoms in total. The van der Waals surface area contributed by atoms with E-state index in [-0.39, 0.29) is 18.1 Å². The molecular formula is C35H41F2NO5. The highest BCUT2D eigenvalue weighted by Crippen LogP contribution is 2.48. The van der Waals surface area contributed by atoms with Crippen molar-refractivity contribution >= 4 is 5.97 Å². The van der Waals surface area contributed by atoms with Crippen LogP contribution in [0.4, 0.5) is 8.78 Å². The van der Waals surface area contributed by atoms with Crippen LogP contribution in [-0.4, -0.2) is 36.4 Å². The second-order valence-corrected chi connectivity index (χ2v) is 12.4. The third-order valence-electron chi connectivity index (χ3n) is 8.25. The van der Waals surface area contributed by atoms with E-state index in [1.54, 1.807) is 6.92 Å². The number of carbonyl (C=O) groups is 1. The van der Waals surface area contributed by atoms with E-state index in [0.29, 0.717) is 65.3 Å². The molecule has 8 heteroatoms. The molecule has 5 rings (SSSR count). The van der Waals surface area contributed by atoms with E-state index in [4.69, 9.17) is 23.9 Å². The molecule has 0 saturated carbocycles. The Morgan fingerprint density at radius 3 is 1.88 bits per heavy atom. The molecule has 3 heterocycles. The summed E-state index contributed by atoms with van der Waals surface area (Å²) in [6.07, 6.45) is 1.71. The summed E-state index contributed by atoms with van der Waals surface area (Å²) in [5, 5.41) is 0. The smallest absolute Gasteiger partial charge is 0.340 e. The Kier molecular flexibility index (Phi) is 8.54. The molecule has 0 radical (unpaired) electrons. The molecule has 2 aliphatic heterocycles. The minimum Gasteiger partial charge on any atom is -0.490 e. The standard InChI is InChI=1S/C35H41F2NO5/c1-9-40-34(39)33(43-35(6,7)8)29-21(5)38-20(4)28(24-16-26(36)31-22(18(24)2)12-10-14-41-31)30(29)25-17-27(37)32-23(19(25)3)13-11-15-42-32/h16-17,33H,9-15H2,1-8H3/t33-/m0/s1. The van der Waals surface area contributed by atoms with Crippen LogP contribution in [0.15, 0.2) is 12.1 Å². The maximum absolute atomic E-state index is 15.8. The number of carbonyl (C=O) groups excluding carboxylic acids is 1. The van der Waals surface area contributed by atoms with E-state index >= 15 is 8.78 Å². The zero-order chi connectivity index (χ0) is 31.2. The van der Waals surface area contributed by atoms with Crippen LogP contribution < -0.4 is 9.47 Å². The molecule has 0 N–H and O–H groups in total. The number of aryl methyl sites for hydroxylation is 2. The lowest BCUT2D eigenvalue weighted by Gasteiger charge is -2.31. The summed E-state index contributed by atoms with van der Waals surface area (Å²) in [5.41, 5.74) is 6.61. The van der Waals surface area contributed by atoms with Crippen LogP contribution in [0.3, 0.4) is 0 Å². The molecule has 3 aromatic rings. The minimum absolute atomic E-state index is 0.155. The maximum Gasteiger partial charge on any atom is 0.340 e. The number of pyridine rings is 1. The van der Waals surface area contributed by atoms with Crippen molar-refractivity contribution in [1.82, 2.24) is 4.98 Å². The second kappa shape index (κ2) is 11.9. The van der Waals surface area contributed by atoms with Crippen molar-refractivity contribution in [1.29, 1.82) is 0 Å². The van der Waals surface area contributed by atoms with Crippen LogP contribution in [0.5, 0.6) is 11.5 Å². The fraction of sp³-hybridized carbons (Fsp3) is 0.486. The normalized spacial score (nSPS) is 15.2. The number of aromatic nitrogens is 1. The summed E-state index contributed by atoms with van der Waals surface area (Å²) in [6.45, 7) is 16.0. The molecule has 0 amide bonds. The molecule has 1 atom stereocenters. The predicted octanol–water partition coefficient (Wildman–Crippen LogP) is 8.00. The van der Waals surface area contributed by atoms with E-state index in [2.05, 4.69) is 0 Å². The summed E-state index contributed by atoms with van der Waals surface area (Å²) in [6, 6.07) is 2.94. The van der Waals surface area contributed by atoms with Gasteiger partial charge in [0.15, 0.2) is 29.2 Å². The minimum atomic E-state index is -1.16. The molecule has 2 aromatic carbocycles. The summed E-state index contributed by atoms with van der Waals surface area (Å²) >= 11 is 0. The number of rotatable bonds is 6. The Hall–Kier alpha value is -3.52. The van der Waals surface area contributed by atoms with Crippen molar-refractivity contribution in [2.24, 2.45) is 0 Å². The van der Waals surface area contributed by atoms with Gasteiger partial charge in [-0.15, -0.1) is 0 Å². The van der Waals surface area contributed by atoms with Crippen molar-refractivity contribution < 1.29 is 32.5 Å².